The number of halogens is 2. The molecule has 0 bridgehead atoms. The number of hydrogen-bond acceptors (Lipinski definition) is 3. The van der Waals surface area contributed by atoms with Crippen molar-refractivity contribution < 1.29 is 18.3 Å². The van der Waals surface area contributed by atoms with E-state index in [0.717, 1.165) is 0 Å². The lowest BCUT2D eigenvalue weighted by Crippen LogP contribution is -2.11. The maximum absolute atomic E-state index is 12.0. The van der Waals surface area contributed by atoms with Crippen molar-refractivity contribution in [2.24, 2.45) is 0 Å². The summed E-state index contributed by atoms with van der Waals surface area (Å²) in [7, 11) is 0. The van der Waals surface area contributed by atoms with E-state index in [9.17, 15) is 13.6 Å². The quantitative estimate of drug-likeness (QED) is 0.841. The fraction of sp³-hybridized carbons (Fsp3) is 0.0714. The molecule has 0 heterocycles. The van der Waals surface area contributed by atoms with Crippen LogP contribution in [0.25, 0.3) is 0 Å². The monoisotopic (exact) mass is 295 g/mol. The zero-order valence-corrected chi connectivity index (χ0v) is 11.1. The normalized spacial score (nSPS) is 10.4. The summed E-state index contributed by atoms with van der Waals surface area (Å²) in [6.07, 6.45) is 0. The highest BCUT2D eigenvalue weighted by atomic mass is 32.1. The van der Waals surface area contributed by atoms with Crippen LogP contribution < -0.4 is 10.1 Å². The predicted octanol–water partition coefficient (Wildman–Crippen LogP) is 3.83. The minimum absolute atomic E-state index is 0.0374. The molecule has 6 heteroatoms. The van der Waals surface area contributed by atoms with Crippen molar-refractivity contribution in [3.05, 3.63) is 54.1 Å². The van der Waals surface area contributed by atoms with Crippen LogP contribution in [0.3, 0.4) is 0 Å². The molecule has 0 aromatic heterocycles. The number of ether oxygens (including phenoxy) is 1. The molecule has 0 aliphatic carbocycles. The number of carbonyl (C=O) groups excluding carboxylic acids is 1. The molecule has 1 amide bonds. The summed E-state index contributed by atoms with van der Waals surface area (Å²) in [6.45, 7) is -2.87. The Labute approximate surface area is 120 Å². The average molecular weight is 295 g/mol. The second-order valence-electron chi connectivity index (χ2n) is 3.91. The van der Waals surface area contributed by atoms with Gasteiger partial charge in [-0.25, -0.2) is 0 Å². The number of nitrogens with one attached hydrogen (secondary N) is 1. The van der Waals surface area contributed by atoms with Crippen LogP contribution in [-0.2, 0) is 0 Å². The minimum atomic E-state index is -2.87. The van der Waals surface area contributed by atoms with Gasteiger partial charge in [0, 0.05) is 16.1 Å². The Morgan fingerprint density at radius 3 is 2.45 bits per heavy atom. The maximum Gasteiger partial charge on any atom is 0.387 e. The maximum atomic E-state index is 12.0. The Bertz CT molecular complexity index is 602. The summed E-state index contributed by atoms with van der Waals surface area (Å²) in [4.78, 5) is 12.6. The molecule has 3 nitrogen and oxygen atoms in total. The van der Waals surface area contributed by atoms with Crippen molar-refractivity contribution >= 4 is 24.2 Å². The van der Waals surface area contributed by atoms with E-state index in [1.54, 1.807) is 24.3 Å². The lowest BCUT2D eigenvalue weighted by molar-refractivity contribution is -0.0498. The van der Waals surface area contributed by atoms with E-state index < -0.39 is 6.61 Å². The summed E-state index contributed by atoms with van der Waals surface area (Å²) in [5.74, 6) is -0.265. The van der Waals surface area contributed by atoms with E-state index in [4.69, 9.17) is 0 Å². The van der Waals surface area contributed by atoms with Crippen molar-refractivity contribution in [3.63, 3.8) is 0 Å². The first-order chi connectivity index (χ1) is 9.54. The molecule has 0 aliphatic heterocycles. The van der Waals surface area contributed by atoms with Gasteiger partial charge < -0.3 is 10.1 Å². The van der Waals surface area contributed by atoms with Crippen LogP contribution in [0.4, 0.5) is 14.5 Å². The highest BCUT2D eigenvalue weighted by molar-refractivity contribution is 7.80. The standard InChI is InChI=1S/C14H11F2NO2S/c15-14(16)19-11-6-4-10(5-7-11)17-13(18)9-2-1-3-12(20)8-9/h1-8,14,20H,(H,17,18). The molecule has 20 heavy (non-hydrogen) atoms. The number of hydrogen-bond donors (Lipinski definition) is 2. The zero-order valence-electron chi connectivity index (χ0n) is 10.2. The van der Waals surface area contributed by atoms with E-state index >= 15 is 0 Å². The molecular formula is C14H11F2NO2S. The highest BCUT2D eigenvalue weighted by Gasteiger charge is 2.07. The second-order valence-corrected chi connectivity index (χ2v) is 4.42. The molecule has 0 spiro atoms. The van der Waals surface area contributed by atoms with Crippen molar-refractivity contribution in [2.45, 2.75) is 11.5 Å². The lowest BCUT2D eigenvalue weighted by Gasteiger charge is -2.07. The first-order valence-electron chi connectivity index (χ1n) is 5.70. The van der Waals surface area contributed by atoms with Crippen molar-refractivity contribution in [1.29, 1.82) is 0 Å². The predicted molar refractivity (Wildman–Crippen MR) is 74.7 cm³/mol. The van der Waals surface area contributed by atoms with E-state index in [2.05, 4.69) is 22.7 Å². The van der Waals surface area contributed by atoms with E-state index in [1.165, 1.54) is 24.3 Å². The van der Waals surface area contributed by atoms with Gasteiger partial charge in [0.2, 0.25) is 0 Å². The lowest BCUT2D eigenvalue weighted by atomic mass is 10.2. The summed E-state index contributed by atoms with van der Waals surface area (Å²) < 4.78 is 28.2. The molecule has 0 atom stereocenters. The minimum Gasteiger partial charge on any atom is -0.435 e. The van der Waals surface area contributed by atoms with Gasteiger partial charge in [0.15, 0.2) is 0 Å². The number of carbonyl (C=O) groups is 1. The van der Waals surface area contributed by atoms with Crippen LogP contribution in [0.15, 0.2) is 53.4 Å². The zero-order chi connectivity index (χ0) is 14.5. The van der Waals surface area contributed by atoms with Crippen LogP contribution >= 0.6 is 12.6 Å². The van der Waals surface area contributed by atoms with Crippen molar-refractivity contribution in [2.75, 3.05) is 5.32 Å². The largest absolute Gasteiger partial charge is 0.435 e. The molecule has 1 N–H and O–H groups in total. The average Bonchev–Trinajstić information content (AvgIpc) is 2.40. The van der Waals surface area contributed by atoms with Gasteiger partial charge >= 0.3 is 6.61 Å². The van der Waals surface area contributed by atoms with E-state index in [0.29, 0.717) is 16.1 Å². The molecule has 2 aromatic carbocycles. The van der Waals surface area contributed by atoms with Crippen LogP contribution in [0.5, 0.6) is 5.75 Å². The number of benzene rings is 2. The van der Waals surface area contributed by atoms with Gasteiger partial charge in [0.25, 0.3) is 5.91 Å². The molecule has 0 radical (unpaired) electrons. The Morgan fingerprint density at radius 2 is 1.85 bits per heavy atom. The fourth-order valence-electron chi connectivity index (χ4n) is 1.57. The molecule has 2 rings (SSSR count). The molecule has 104 valence electrons. The molecule has 0 fully saturated rings. The number of amides is 1. The Balaban J connectivity index is 2.04. The van der Waals surface area contributed by atoms with E-state index in [1.807, 2.05) is 0 Å². The van der Waals surface area contributed by atoms with Gasteiger partial charge in [-0.2, -0.15) is 8.78 Å². The molecule has 0 saturated carbocycles. The molecule has 0 aliphatic rings. The Kier molecular flexibility index (Phi) is 4.57. The summed E-state index contributed by atoms with van der Waals surface area (Å²) >= 11 is 4.15. The molecule has 2 aromatic rings. The summed E-state index contributed by atoms with van der Waals surface area (Å²) in [6, 6.07) is 12.5. The topological polar surface area (TPSA) is 38.3 Å². The second kappa shape index (κ2) is 6.38. The molecule has 0 unspecified atom stereocenters. The third-order valence-corrected chi connectivity index (χ3v) is 2.72. The first kappa shape index (κ1) is 14.3. The third-order valence-electron chi connectivity index (χ3n) is 2.45. The van der Waals surface area contributed by atoms with Gasteiger partial charge in [-0.3, -0.25) is 4.79 Å². The third kappa shape index (κ3) is 3.96. The number of rotatable bonds is 4. The number of alkyl halides is 2. The first-order valence-corrected chi connectivity index (χ1v) is 6.14. The van der Waals surface area contributed by atoms with Crippen LogP contribution in [0, 0.1) is 0 Å². The van der Waals surface area contributed by atoms with Crippen molar-refractivity contribution in [3.8, 4) is 5.75 Å². The van der Waals surface area contributed by atoms with Gasteiger partial charge in [-0.15, -0.1) is 12.6 Å². The molecular weight excluding hydrogens is 284 g/mol. The highest BCUT2D eigenvalue weighted by Crippen LogP contribution is 2.18. The number of anilines is 1. The van der Waals surface area contributed by atoms with Crippen LogP contribution in [-0.4, -0.2) is 12.5 Å². The SMILES string of the molecule is O=C(Nc1ccc(OC(F)F)cc1)c1cccc(S)c1. The number of thiol groups is 1. The van der Waals surface area contributed by atoms with Crippen LogP contribution in [0.2, 0.25) is 0 Å². The van der Waals surface area contributed by atoms with Gasteiger partial charge in [-0.05, 0) is 42.5 Å². The Morgan fingerprint density at radius 1 is 1.15 bits per heavy atom. The van der Waals surface area contributed by atoms with Gasteiger partial charge in [0.05, 0.1) is 0 Å². The van der Waals surface area contributed by atoms with Gasteiger partial charge in [0.1, 0.15) is 5.75 Å². The van der Waals surface area contributed by atoms with E-state index in [-0.39, 0.29) is 11.7 Å². The smallest absolute Gasteiger partial charge is 0.387 e. The summed E-state index contributed by atoms with van der Waals surface area (Å²) in [5, 5.41) is 2.65. The molecule has 0 saturated heterocycles. The summed E-state index contributed by atoms with van der Waals surface area (Å²) in [5.41, 5.74) is 0.951. The van der Waals surface area contributed by atoms with Gasteiger partial charge in [-0.1, -0.05) is 6.07 Å². The van der Waals surface area contributed by atoms with Crippen molar-refractivity contribution in [1.82, 2.24) is 0 Å². The van der Waals surface area contributed by atoms with Crippen LogP contribution in [0.1, 0.15) is 10.4 Å². The fourth-order valence-corrected chi connectivity index (χ4v) is 1.80. The Hall–Kier alpha value is -2.08.